The van der Waals surface area contributed by atoms with Gasteiger partial charge in [0.05, 0.1) is 5.41 Å². The van der Waals surface area contributed by atoms with Crippen LogP contribution in [0.25, 0.3) is 0 Å². The van der Waals surface area contributed by atoms with Gasteiger partial charge in [-0.1, -0.05) is 24.1 Å². The first-order chi connectivity index (χ1) is 9.68. The topological polar surface area (TPSA) is 77.8 Å². The van der Waals surface area contributed by atoms with Crippen molar-refractivity contribution in [3.05, 3.63) is 41.8 Å². The lowest BCUT2D eigenvalue weighted by molar-refractivity contribution is 0.203. The van der Waals surface area contributed by atoms with Gasteiger partial charge in [0, 0.05) is 24.9 Å². The first kappa shape index (κ1) is 13.2. The SMILES string of the molecule is CC1(c2nc(Cc3cccnc3)no2)CCCCC1N. The Hall–Kier alpha value is -1.75. The van der Waals surface area contributed by atoms with Crippen LogP contribution < -0.4 is 5.73 Å². The zero-order valence-electron chi connectivity index (χ0n) is 11.7. The van der Waals surface area contributed by atoms with Gasteiger partial charge in [-0.25, -0.2) is 0 Å². The van der Waals surface area contributed by atoms with Crippen LogP contribution in [0.4, 0.5) is 0 Å². The van der Waals surface area contributed by atoms with Gasteiger partial charge < -0.3 is 10.3 Å². The predicted molar refractivity (Wildman–Crippen MR) is 75.1 cm³/mol. The number of aromatic nitrogens is 3. The van der Waals surface area contributed by atoms with Crippen molar-refractivity contribution in [1.82, 2.24) is 15.1 Å². The van der Waals surface area contributed by atoms with Gasteiger partial charge >= 0.3 is 0 Å². The number of pyridine rings is 1. The number of hydrogen-bond acceptors (Lipinski definition) is 5. The molecule has 1 saturated carbocycles. The average molecular weight is 272 g/mol. The van der Waals surface area contributed by atoms with E-state index in [0.717, 1.165) is 18.4 Å². The standard InChI is InChI=1S/C15H20N4O/c1-15(7-3-2-6-12(15)16)14-18-13(19-20-14)9-11-5-4-8-17-10-11/h4-5,8,10,12H,2-3,6-7,9,16H2,1H3. The Morgan fingerprint density at radius 1 is 1.45 bits per heavy atom. The molecule has 2 atom stereocenters. The van der Waals surface area contributed by atoms with Crippen LogP contribution in [0.15, 0.2) is 29.0 Å². The fraction of sp³-hybridized carbons (Fsp3) is 0.533. The molecule has 5 nitrogen and oxygen atoms in total. The van der Waals surface area contributed by atoms with Crippen molar-refractivity contribution in [2.45, 2.75) is 50.5 Å². The van der Waals surface area contributed by atoms with E-state index in [4.69, 9.17) is 10.3 Å². The molecule has 0 aromatic carbocycles. The van der Waals surface area contributed by atoms with Crippen LogP contribution in [-0.4, -0.2) is 21.2 Å². The number of nitrogens with two attached hydrogens (primary N) is 1. The molecule has 2 heterocycles. The van der Waals surface area contributed by atoms with Gasteiger partial charge in [-0.2, -0.15) is 4.98 Å². The molecule has 0 spiro atoms. The zero-order valence-corrected chi connectivity index (χ0v) is 11.7. The summed E-state index contributed by atoms with van der Waals surface area (Å²) in [6.45, 7) is 2.14. The zero-order chi connectivity index (χ0) is 14.0. The van der Waals surface area contributed by atoms with Crippen molar-refractivity contribution in [3.63, 3.8) is 0 Å². The quantitative estimate of drug-likeness (QED) is 0.926. The Kier molecular flexibility index (Phi) is 3.53. The minimum atomic E-state index is -0.182. The van der Waals surface area contributed by atoms with Gasteiger partial charge in [-0.05, 0) is 31.4 Å². The third-order valence-electron chi connectivity index (χ3n) is 4.32. The van der Waals surface area contributed by atoms with Gasteiger partial charge in [0.15, 0.2) is 5.82 Å². The van der Waals surface area contributed by atoms with Crippen LogP contribution in [0.3, 0.4) is 0 Å². The second kappa shape index (κ2) is 5.32. The van der Waals surface area contributed by atoms with Crippen molar-refractivity contribution >= 4 is 0 Å². The summed E-state index contributed by atoms with van der Waals surface area (Å²) in [5.74, 6) is 1.38. The Balaban J connectivity index is 1.79. The highest BCUT2D eigenvalue weighted by Gasteiger charge is 2.40. The summed E-state index contributed by atoms with van der Waals surface area (Å²) in [7, 11) is 0. The molecule has 106 valence electrons. The largest absolute Gasteiger partial charge is 0.339 e. The first-order valence-corrected chi connectivity index (χ1v) is 7.16. The molecule has 0 amide bonds. The van der Waals surface area contributed by atoms with Gasteiger partial charge in [0.1, 0.15) is 0 Å². The van der Waals surface area contributed by atoms with Crippen LogP contribution in [0.5, 0.6) is 0 Å². The maximum atomic E-state index is 6.27. The number of nitrogens with zero attached hydrogens (tertiary/aromatic N) is 3. The normalized spacial score (nSPS) is 26.6. The lowest BCUT2D eigenvalue weighted by Gasteiger charge is -2.35. The van der Waals surface area contributed by atoms with Crippen molar-refractivity contribution in [2.24, 2.45) is 5.73 Å². The molecule has 1 aliphatic rings. The summed E-state index contributed by atoms with van der Waals surface area (Å²) in [6.07, 6.45) is 8.62. The van der Waals surface area contributed by atoms with Gasteiger partial charge in [-0.15, -0.1) is 0 Å². The molecule has 2 aromatic heterocycles. The Labute approximate surface area is 118 Å². The van der Waals surface area contributed by atoms with Crippen molar-refractivity contribution in [3.8, 4) is 0 Å². The highest BCUT2D eigenvalue weighted by atomic mass is 16.5. The van der Waals surface area contributed by atoms with Gasteiger partial charge in [0.2, 0.25) is 5.89 Å². The number of rotatable bonds is 3. The molecule has 1 fully saturated rings. The minimum absolute atomic E-state index is 0.0999. The summed E-state index contributed by atoms with van der Waals surface area (Å²) in [6, 6.07) is 4.02. The predicted octanol–water partition coefficient (Wildman–Crippen LogP) is 2.21. The summed E-state index contributed by atoms with van der Waals surface area (Å²) < 4.78 is 5.49. The lowest BCUT2D eigenvalue weighted by Crippen LogP contribution is -2.45. The van der Waals surface area contributed by atoms with E-state index >= 15 is 0 Å². The highest BCUT2D eigenvalue weighted by Crippen LogP contribution is 2.37. The number of hydrogen-bond donors (Lipinski definition) is 1. The molecule has 0 saturated heterocycles. The monoisotopic (exact) mass is 272 g/mol. The van der Waals surface area contributed by atoms with E-state index in [1.165, 1.54) is 12.8 Å². The molecule has 5 heteroatoms. The van der Waals surface area contributed by atoms with E-state index in [1.54, 1.807) is 6.20 Å². The first-order valence-electron chi connectivity index (χ1n) is 7.16. The van der Waals surface area contributed by atoms with Gasteiger partial charge in [-0.3, -0.25) is 4.98 Å². The smallest absolute Gasteiger partial charge is 0.234 e. The second-order valence-electron chi connectivity index (χ2n) is 5.82. The highest BCUT2D eigenvalue weighted by molar-refractivity contribution is 5.16. The van der Waals surface area contributed by atoms with E-state index < -0.39 is 0 Å². The van der Waals surface area contributed by atoms with Crippen LogP contribution in [0.2, 0.25) is 0 Å². The maximum Gasteiger partial charge on any atom is 0.234 e. The second-order valence-corrected chi connectivity index (χ2v) is 5.82. The van der Waals surface area contributed by atoms with E-state index in [-0.39, 0.29) is 11.5 Å². The molecule has 2 aromatic rings. The van der Waals surface area contributed by atoms with Crippen LogP contribution in [-0.2, 0) is 11.8 Å². The fourth-order valence-electron chi connectivity index (χ4n) is 2.87. The summed E-state index contributed by atoms with van der Waals surface area (Å²) in [5, 5.41) is 4.10. The van der Waals surface area contributed by atoms with E-state index in [9.17, 15) is 0 Å². The Morgan fingerprint density at radius 2 is 2.35 bits per heavy atom. The van der Waals surface area contributed by atoms with E-state index in [0.29, 0.717) is 18.1 Å². The molecule has 20 heavy (non-hydrogen) atoms. The third-order valence-corrected chi connectivity index (χ3v) is 4.32. The van der Waals surface area contributed by atoms with Crippen LogP contribution in [0.1, 0.15) is 49.9 Å². The summed E-state index contributed by atoms with van der Waals surface area (Å²) in [5.41, 5.74) is 7.17. The molecule has 1 aliphatic carbocycles. The summed E-state index contributed by atoms with van der Waals surface area (Å²) >= 11 is 0. The molecule has 3 rings (SSSR count). The van der Waals surface area contributed by atoms with Gasteiger partial charge in [0.25, 0.3) is 0 Å². The van der Waals surface area contributed by atoms with E-state index in [2.05, 4.69) is 22.0 Å². The average Bonchev–Trinajstić information content (AvgIpc) is 2.92. The maximum absolute atomic E-state index is 6.27. The molecule has 2 N–H and O–H groups in total. The van der Waals surface area contributed by atoms with Crippen LogP contribution in [0, 0.1) is 0 Å². The van der Waals surface area contributed by atoms with Crippen molar-refractivity contribution < 1.29 is 4.52 Å². The van der Waals surface area contributed by atoms with Crippen molar-refractivity contribution in [2.75, 3.05) is 0 Å². The molecule has 0 aliphatic heterocycles. The fourth-order valence-corrected chi connectivity index (χ4v) is 2.87. The molecule has 0 radical (unpaired) electrons. The van der Waals surface area contributed by atoms with Crippen LogP contribution >= 0.6 is 0 Å². The summed E-state index contributed by atoms with van der Waals surface area (Å²) in [4.78, 5) is 8.66. The molecule has 2 unspecified atom stereocenters. The van der Waals surface area contributed by atoms with E-state index in [1.807, 2.05) is 18.3 Å². The minimum Gasteiger partial charge on any atom is -0.339 e. The lowest BCUT2D eigenvalue weighted by atomic mass is 9.72. The third kappa shape index (κ3) is 2.45. The Bertz CT molecular complexity index is 568. The Morgan fingerprint density at radius 3 is 3.10 bits per heavy atom. The van der Waals surface area contributed by atoms with Crippen molar-refractivity contribution in [1.29, 1.82) is 0 Å². The molecule has 0 bridgehead atoms. The molecular formula is C15H20N4O. The molecular weight excluding hydrogens is 252 g/mol.